The molecule has 0 bridgehead atoms. The Hall–Kier alpha value is -3.35. The van der Waals surface area contributed by atoms with Gasteiger partial charge in [0.25, 0.3) is 0 Å². The third kappa shape index (κ3) is 4.47. The second-order valence-corrected chi connectivity index (χ2v) is 10.8. The van der Waals surface area contributed by atoms with Crippen molar-refractivity contribution in [2.75, 3.05) is 0 Å². The zero-order chi connectivity index (χ0) is 26.4. The number of fused-ring (bicyclic) bond motifs is 1. The van der Waals surface area contributed by atoms with Crippen LogP contribution in [0.3, 0.4) is 0 Å². The molecule has 186 valence electrons. The summed E-state index contributed by atoms with van der Waals surface area (Å²) in [5.74, 6) is -1.87. The van der Waals surface area contributed by atoms with Crippen LogP contribution < -0.4 is 5.73 Å². The highest BCUT2D eigenvalue weighted by atomic mass is 35.5. The van der Waals surface area contributed by atoms with E-state index in [1.54, 1.807) is 48.0 Å². The van der Waals surface area contributed by atoms with Gasteiger partial charge >= 0.3 is 5.97 Å². The second-order valence-electron chi connectivity index (χ2n) is 10.0. The molecule has 0 saturated heterocycles. The number of aryl methyl sites for hydroxylation is 1. The molecule has 0 saturated carbocycles. The number of nitrogens with zero attached hydrogens (tertiary/aromatic N) is 2. The first-order chi connectivity index (χ1) is 16.8. The van der Waals surface area contributed by atoms with Crippen molar-refractivity contribution in [3.05, 3.63) is 98.9 Å². The Morgan fingerprint density at radius 3 is 2.17 bits per heavy atom. The van der Waals surface area contributed by atoms with E-state index in [9.17, 15) is 14.7 Å². The molecule has 3 N–H and O–H groups in total. The number of carboxylic acid groups (broad SMARTS) is 1. The van der Waals surface area contributed by atoms with Crippen LogP contribution in [-0.4, -0.2) is 26.5 Å². The zero-order valence-corrected chi connectivity index (χ0v) is 22.0. The monoisotopic (exact) mass is 523 g/mol. The number of halogens is 2. The third-order valence-corrected chi connectivity index (χ3v) is 7.23. The van der Waals surface area contributed by atoms with Gasteiger partial charge < -0.3 is 15.4 Å². The molecule has 2 heterocycles. The van der Waals surface area contributed by atoms with Crippen LogP contribution in [-0.2, 0) is 22.2 Å². The number of carboxylic acids is 1. The first kappa shape index (κ1) is 25.7. The van der Waals surface area contributed by atoms with Crippen LogP contribution in [0.1, 0.15) is 53.6 Å². The summed E-state index contributed by atoms with van der Waals surface area (Å²) in [6, 6.07) is 16.4. The maximum absolute atomic E-state index is 13.5. The number of hydrogen-bond donors (Lipinski definition) is 2. The Kier molecular flexibility index (Phi) is 6.62. The Morgan fingerprint density at radius 1 is 0.972 bits per heavy atom. The fourth-order valence-electron chi connectivity index (χ4n) is 4.61. The molecule has 0 fully saturated rings. The maximum Gasteiger partial charge on any atom is 0.356 e. The van der Waals surface area contributed by atoms with Crippen LogP contribution in [0.2, 0.25) is 10.0 Å². The van der Waals surface area contributed by atoms with Crippen molar-refractivity contribution in [3.8, 4) is 0 Å². The number of aromatic carboxylic acids is 1. The van der Waals surface area contributed by atoms with Crippen LogP contribution in [0.15, 0.2) is 60.8 Å². The van der Waals surface area contributed by atoms with E-state index in [-0.39, 0.29) is 22.6 Å². The van der Waals surface area contributed by atoms with Crippen molar-refractivity contribution in [1.82, 2.24) is 9.55 Å². The highest BCUT2D eigenvalue weighted by molar-refractivity contribution is 6.42. The topological polar surface area (TPSA) is 98.2 Å². The molecule has 8 heteroatoms. The summed E-state index contributed by atoms with van der Waals surface area (Å²) in [5.41, 5.74) is 7.77. The molecule has 0 spiro atoms. The summed E-state index contributed by atoms with van der Waals surface area (Å²) in [4.78, 5) is 30.0. The molecule has 0 aliphatic rings. The molecule has 0 aliphatic heterocycles. The summed E-state index contributed by atoms with van der Waals surface area (Å²) in [6.07, 6.45) is 1.83. The van der Waals surface area contributed by atoms with Gasteiger partial charge in [0.05, 0.1) is 15.6 Å². The van der Waals surface area contributed by atoms with Gasteiger partial charge in [-0.3, -0.25) is 4.79 Å². The standard InChI is InChI=1S/C28H27Cl2N3O3/c1-16-13-18-11-12-33(24(18)23(32-16)25(34)35)28(26(31)36,20-9-10-21(29)22(30)14-20)15-17-5-7-19(8-6-17)27(2,3)4/h5-14H,15H2,1-4H3,(H2,31,36)(H,34,35). The molecule has 2 aromatic carbocycles. The van der Waals surface area contributed by atoms with E-state index >= 15 is 0 Å². The summed E-state index contributed by atoms with van der Waals surface area (Å²) >= 11 is 12.6. The van der Waals surface area contributed by atoms with Gasteiger partial charge in [0.1, 0.15) is 0 Å². The number of aromatic nitrogens is 2. The van der Waals surface area contributed by atoms with E-state index in [1.165, 1.54) is 0 Å². The SMILES string of the molecule is Cc1cc2ccn(C(Cc3ccc(C(C)(C)C)cc3)(C(N)=O)c3ccc(Cl)c(Cl)c3)c2c(C(=O)O)n1. The quantitative estimate of drug-likeness (QED) is 0.318. The minimum atomic E-state index is -1.51. The van der Waals surface area contributed by atoms with Crippen molar-refractivity contribution in [2.45, 2.75) is 45.1 Å². The third-order valence-electron chi connectivity index (χ3n) is 6.49. The molecule has 1 amide bonds. The molecule has 1 unspecified atom stereocenters. The lowest BCUT2D eigenvalue weighted by molar-refractivity contribution is -0.124. The lowest BCUT2D eigenvalue weighted by Gasteiger charge is -2.35. The molecule has 0 radical (unpaired) electrons. The number of carbonyl (C=O) groups is 2. The highest BCUT2D eigenvalue weighted by Gasteiger charge is 2.42. The first-order valence-electron chi connectivity index (χ1n) is 11.4. The smallest absolute Gasteiger partial charge is 0.356 e. The van der Waals surface area contributed by atoms with Gasteiger partial charge in [0, 0.05) is 23.7 Å². The van der Waals surface area contributed by atoms with Gasteiger partial charge in [-0.15, -0.1) is 0 Å². The average molecular weight is 524 g/mol. The number of primary amides is 1. The lowest BCUT2D eigenvalue weighted by Crippen LogP contribution is -2.49. The number of carbonyl (C=O) groups excluding carboxylic acids is 1. The summed E-state index contributed by atoms with van der Waals surface area (Å²) in [5, 5.41) is 11.2. The lowest BCUT2D eigenvalue weighted by atomic mass is 9.81. The van der Waals surface area contributed by atoms with Crippen molar-refractivity contribution >= 4 is 46.0 Å². The van der Waals surface area contributed by atoms with Crippen molar-refractivity contribution in [2.24, 2.45) is 5.73 Å². The first-order valence-corrected chi connectivity index (χ1v) is 12.2. The molecular weight excluding hydrogens is 497 g/mol. The fourth-order valence-corrected chi connectivity index (χ4v) is 4.91. The van der Waals surface area contributed by atoms with Crippen LogP contribution >= 0.6 is 23.2 Å². The van der Waals surface area contributed by atoms with Gasteiger partial charge in [0.15, 0.2) is 11.2 Å². The second kappa shape index (κ2) is 9.26. The number of amides is 1. The highest BCUT2D eigenvalue weighted by Crippen LogP contribution is 2.38. The van der Waals surface area contributed by atoms with E-state index in [0.717, 1.165) is 11.1 Å². The Bertz CT molecular complexity index is 1490. The van der Waals surface area contributed by atoms with Crippen LogP contribution in [0.4, 0.5) is 0 Å². The predicted molar refractivity (Wildman–Crippen MR) is 143 cm³/mol. The van der Waals surface area contributed by atoms with Gasteiger partial charge in [-0.05, 0) is 53.3 Å². The van der Waals surface area contributed by atoms with Crippen molar-refractivity contribution in [3.63, 3.8) is 0 Å². The molecular formula is C28H27Cl2N3O3. The van der Waals surface area contributed by atoms with E-state index in [2.05, 4.69) is 25.8 Å². The number of hydrogen-bond acceptors (Lipinski definition) is 3. The van der Waals surface area contributed by atoms with E-state index in [4.69, 9.17) is 28.9 Å². The normalized spacial score (nSPS) is 13.5. The van der Waals surface area contributed by atoms with E-state index in [0.29, 0.717) is 27.2 Å². The van der Waals surface area contributed by atoms with Gasteiger partial charge in [-0.2, -0.15) is 0 Å². The average Bonchev–Trinajstić information content (AvgIpc) is 3.22. The molecule has 0 aliphatic carbocycles. The van der Waals surface area contributed by atoms with E-state index in [1.807, 2.05) is 24.3 Å². The molecule has 6 nitrogen and oxygen atoms in total. The van der Waals surface area contributed by atoms with Crippen LogP contribution in [0.5, 0.6) is 0 Å². The van der Waals surface area contributed by atoms with E-state index < -0.39 is 17.4 Å². The molecule has 4 aromatic rings. The predicted octanol–water partition coefficient (Wildman–Crippen LogP) is 6.12. The van der Waals surface area contributed by atoms with Gasteiger partial charge in [-0.1, -0.05) is 74.3 Å². The minimum Gasteiger partial charge on any atom is -0.476 e. The number of benzene rings is 2. The summed E-state index contributed by atoms with van der Waals surface area (Å²) in [6.45, 7) is 8.10. The number of pyridine rings is 1. The maximum atomic E-state index is 13.5. The van der Waals surface area contributed by atoms with Crippen molar-refractivity contribution in [1.29, 1.82) is 0 Å². The van der Waals surface area contributed by atoms with Crippen molar-refractivity contribution < 1.29 is 14.7 Å². The van der Waals surface area contributed by atoms with Gasteiger partial charge in [-0.25, -0.2) is 9.78 Å². The Balaban J connectivity index is 2.04. The fraction of sp³-hybridized carbons (Fsp3) is 0.250. The number of rotatable bonds is 6. The van der Waals surface area contributed by atoms with Crippen LogP contribution in [0.25, 0.3) is 10.9 Å². The largest absolute Gasteiger partial charge is 0.476 e. The number of nitrogens with two attached hydrogens (primary N) is 1. The molecule has 36 heavy (non-hydrogen) atoms. The Labute approximate surface area is 219 Å². The Morgan fingerprint density at radius 2 is 1.61 bits per heavy atom. The molecule has 4 rings (SSSR count). The van der Waals surface area contributed by atoms with Crippen LogP contribution in [0, 0.1) is 6.92 Å². The summed E-state index contributed by atoms with van der Waals surface area (Å²) < 4.78 is 1.61. The summed E-state index contributed by atoms with van der Waals surface area (Å²) in [7, 11) is 0. The molecule has 2 aromatic heterocycles. The minimum absolute atomic E-state index is 0.0421. The zero-order valence-electron chi connectivity index (χ0n) is 20.5. The molecule has 1 atom stereocenters. The van der Waals surface area contributed by atoms with Gasteiger partial charge in [0.2, 0.25) is 5.91 Å².